The van der Waals surface area contributed by atoms with Crippen LogP contribution in [0, 0.1) is 6.92 Å². The van der Waals surface area contributed by atoms with Gasteiger partial charge in [-0.15, -0.1) is 0 Å². The number of benzene rings is 3. The van der Waals surface area contributed by atoms with E-state index in [0.717, 1.165) is 11.1 Å². The minimum atomic E-state index is -0.927. The molecule has 2 N–H and O–H groups in total. The monoisotopic (exact) mass is 520 g/mol. The van der Waals surface area contributed by atoms with Crippen LogP contribution < -0.4 is 10.6 Å². The molecule has 0 aliphatic carbocycles. The summed E-state index contributed by atoms with van der Waals surface area (Å²) in [6, 6.07) is 28.3. The summed E-state index contributed by atoms with van der Waals surface area (Å²) in [5.74, 6) is -0.615. The van der Waals surface area contributed by atoms with E-state index in [1.54, 1.807) is 48.7 Å². The summed E-state index contributed by atoms with van der Waals surface area (Å²) in [5.41, 5.74) is 4.21. The lowest BCUT2D eigenvalue weighted by atomic mass is 10.00. The van der Waals surface area contributed by atoms with E-state index in [-0.39, 0.29) is 24.9 Å². The van der Waals surface area contributed by atoms with Crippen molar-refractivity contribution in [3.05, 3.63) is 131 Å². The van der Waals surface area contributed by atoms with Crippen molar-refractivity contribution in [1.29, 1.82) is 0 Å². The SMILES string of the molecule is Cc1cccc(C(=O)Nc2cccc([C@H]3OC(=O)N(Cc4ccccc4)[C@H]3C(=O)NCc3ccccn3)c2)c1. The highest BCUT2D eigenvalue weighted by atomic mass is 16.6. The molecule has 0 saturated carbocycles. The Morgan fingerprint density at radius 3 is 2.49 bits per heavy atom. The second kappa shape index (κ2) is 11.6. The number of amides is 3. The average molecular weight is 521 g/mol. The van der Waals surface area contributed by atoms with Crippen LogP contribution in [0.15, 0.2) is 103 Å². The fourth-order valence-electron chi connectivity index (χ4n) is 4.56. The molecule has 8 nitrogen and oxygen atoms in total. The summed E-state index contributed by atoms with van der Waals surface area (Å²) >= 11 is 0. The van der Waals surface area contributed by atoms with Crippen molar-refractivity contribution < 1.29 is 19.1 Å². The van der Waals surface area contributed by atoms with Crippen molar-refractivity contribution in [2.75, 3.05) is 5.32 Å². The van der Waals surface area contributed by atoms with Crippen LogP contribution in [0.25, 0.3) is 0 Å². The van der Waals surface area contributed by atoms with Gasteiger partial charge in [0, 0.05) is 17.4 Å². The predicted octanol–water partition coefficient (Wildman–Crippen LogP) is 5.02. The molecule has 4 aromatic rings. The quantitative estimate of drug-likeness (QED) is 0.340. The lowest BCUT2D eigenvalue weighted by Crippen LogP contribution is -2.46. The largest absolute Gasteiger partial charge is 0.438 e. The van der Waals surface area contributed by atoms with Gasteiger partial charge in [-0.3, -0.25) is 19.5 Å². The van der Waals surface area contributed by atoms with Crippen LogP contribution in [-0.4, -0.2) is 33.8 Å². The van der Waals surface area contributed by atoms with Gasteiger partial charge in [0.25, 0.3) is 5.91 Å². The number of ether oxygens (including phenoxy) is 1. The summed E-state index contributed by atoms with van der Waals surface area (Å²) in [6.07, 6.45) is 0.196. The zero-order valence-corrected chi connectivity index (χ0v) is 21.4. The van der Waals surface area contributed by atoms with Gasteiger partial charge < -0.3 is 15.4 Å². The third-order valence-electron chi connectivity index (χ3n) is 6.47. The molecule has 0 bridgehead atoms. The first-order valence-corrected chi connectivity index (χ1v) is 12.6. The molecule has 1 aromatic heterocycles. The first-order chi connectivity index (χ1) is 19.0. The fraction of sp³-hybridized carbons (Fsp3) is 0.161. The normalized spacial score (nSPS) is 16.4. The van der Waals surface area contributed by atoms with E-state index >= 15 is 0 Å². The molecule has 1 fully saturated rings. The van der Waals surface area contributed by atoms with Gasteiger partial charge in [-0.25, -0.2) is 4.79 Å². The van der Waals surface area contributed by atoms with Crippen molar-refractivity contribution in [3.8, 4) is 0 Å². The molecule has 2 heterocycles. The van der Waals surface area contributed by atoms with Gasteiger partial charge in [0.1, 0.15) is 0 Å². The molecule has 0 radical (unpaired) electrons. The maximum Gasteiger partial charge on any atom is 0.411 e. The Hall–Kier alpha value is -4.98. The summed E-state index contributed by atoms with van der Waals surface area (Å²) in [6.45, 7) is 2.34. The van der Waals surface area contributed by atoms with Crippen molar-refractivity contribution in [1.82, 2.24) is 15.2 Å². The van der Waals surface area contributed by atoms with Gasteiger partial charge in [0.15, 0.2) is 12.1 Å². The highest BCUT2D eigenvalue weighted by Gasteiger charge is 2.47. The van der Waals surface area contributed by atoms with Crippen LogP contribution in [0.4, 0.5) is 10.5 Å². The number of carbonyl (C=O) groups is 3. The molecule has 5 rings (SSSR count). The van der Waals surface area contributed by atoms with Crippen molar-refractivity contribution >= 4 is 23.6 Å². The van der Waals surface area contributed by atoms with Gasteiger partial charge in [0.2, 0.25) is 5.91 Å². The molecule has 0 unspecified atom stereocenters. The molecule has 196 valence electrons. The second-order valence-electron chi connectivity index (χ2n) is 9.35. The molecule has 3 amide bonds. The molecule has 1 saturated heterocycles. The number of aryl methyl sites for hydroxylation is 1. The second-order valence-corrected chi connectivity index (χ2v) is 9.35. The number of pyridine rings is 1. The van der Waals surface area contributed by atoms with Gasteiger partial charge in [-0.1, -0.05) is 66.2 Å². The number of nitrogens with one attached hydrogen (secondary N) is 2. The summed E-state index contributed by atoms with van der Waals surface area (Å²) in [5, 5.41) is 5.81. The third kappa shape index (κ3) is 6.13. The number of carbonyl (C=O) groups excluding carboxylic acids is 3. The van der Waals surface area contributed by atoms with E-state index < -0.39 is 18.2 Å². The van der Waals surface area contributed by atoms with Crippen molar-refractivity contribution in [2.45, 2.75) is 32.2 Å². The number of nitrogens with zero attached hydrogens (tertiary/aromatic N) is 2. The van der Waals surface area contributed by atoms with E-state index in [4.69, 9.17) is 4.74 Å². The van der Waals surface area contributed by atoms with E-state index in [9.17, 15) is 14.4 Å². The van der Waals surface area contributed by atoms with Crippen LogP contribution >= 0.6 is 0 Å². The Labute approximate surface area is 226 Å². The first-order valence-electron chi connectivity index (χ1n) is 12.6. The molecule has 1 aliphatic heterocycles. The van der Waals surface area contributed by atoms with Gasteiger partial charge in [-0.2, -0.15) is 0 Å². The number of hydrogen-bond acceptors (Lipinski definition) is 5. The number of aromatic nitrogens is 1. The number of rotatable bonds is 8. The minimum absolute atomic E-state index is 0.210. The standard InChI is InChI=1S/C31H28N4O4/c1-21-9-7-13-24(17-21)29(36)34-25-15-8-12-23(18-25)28-27(30(37)33-19-26-14-5-6-16-32-26)35(31(38)39-28)20-22-10-3-2-4-11-22/h2-18,27-28H,19-20H2,1H3,(H,33,37)(H,34,36)/t27-,28-/m1/s1. The molecular formula is C31H28N4O4. The minimum Gasteiger partial charge on any atom is -0.438 e. The van der Waals surface area contributed by atoms with Crippen LogP contribution in [0.5, 0.6) is 0 Å². The highest BCUT2D eigenvalue weighted by Crippen LogP contribution is 2.35. The number of anilines is 1. The maximum absolute atomic E-state index is 13.5. The summed E-state index contributed by atoms with van der Waals surface area (Å²) in [4.78, 5) is 45.1. The Morgan fingerprint density at radius 2 is 1.72 bits per heavy atom. The van der Waals surface area contributed by atoms with Gasteiger partial charge in [0.05, 0.1) is 18.8 Å². The van der Waals surface area contributed by atoms with Crippen LogP contribution in [0.3, 0.4) is 0 Å². The summed E-state index contributed by atoms with van der Waals surface area (Å²) in [7, 11) is 0. The Balaban J connectivity index is 1.40. The van der Waals surface area contributed by atoms with Crippen LogP contribution in [0.1, 0.15) is 38.8 Å². The molecule has 39 heavy (non-hydrogen) atoms. The van der Waals surface area contributed by atoms with Gasteiger partial charge >= 0.3 is 6.09 Å². The molecule has 0 spiro atoms. The van der Waals surface area contributed by atoms with E-state index in [0.29, 0.717) is 22.5 Å². The summed E-state index contributed by atoms with van der Waals surface area (Å²) < 4.78 is 5.78. The van der Waals surface area contributed by atoms with E-state index in [1.807, 2.05) is 61.5 Å². The van der Waals surface area contributed by atoms with Crippen molar-refractivity contribution in [2.24, 2.45) is 0 Å². The number of hydrogen-bond donors (Lipinski definition) is 2. The van der Waals surface area contributed by atoms with E-state index in [1.165, 1.54) is 4.90 Å². The average Bonchev–Trinajstić information content (AvgIpc) is 3.28. The Bertz CT molecular complexity index is 1480. The van der Waals surface area contributed by atoms with Crippen LogP contribution in [-0.2, 0) is 22.6 Å². The smallest absolute Gasteiger partial charge is 0.411 e. The Kier molecular flexibility index (Phi) is 7.63. The topological polar surface area (TPSA) is 101 Å². The lowest BCUT2D eigenvalue weighted by Gasteiger charge is -2.24. The molecular weight excluding hydrogens is 492 g/mol. The number of cyclic esters (lactones) is 1. The van der Waals surface area contributed by atoms with Crippen LogP contribution in [0.2, 0.25) is 0 Å². The molecule has 3 aromatic carbocycles. The predicted molar refractivity (Wildman–Crippen MR) is 147 cm³/mol. The fourth-order valence-corrected chi connectivity index (χ4v) is 4.56. The first kappa shape index (κ1) is 25.7. The van der Waals surface area contributed by atoms with E-state index in [2.05, 4.69) is 15.6 Å². The maximum atomic E-state index is 13.5. The van der Waals surface area contributed by atoms with Crippen molar-refractivity contribution in [3.63, 3.8) is 0 Å². The van der Waals surface area contributed by atoms with Gasteiger partial charge in [-0.05, 0) is 54.4 Å². The molecule has 2 atom stereocenters. The highest BCUT2D eigenvalue weighted by molar-refractivity contribution is 6.04. The zero-order chi connectivity index (χ0) is 27.2. The third-order valence-corrected chi connectivity index (χ3v) is 6.47. The zero-order valence-electron chi connectivity index (χ0n) is 21.4. The Morgan fingerprint density at radius 1 is 0.923 bits per heavy atom. The lowest BCUT2D eigenvalue weighted by molar-refractivity contribution is -0.126. The molecule has 1 aliphatic rings. The molecule has 8 heteroatoms.